The van der Waals surface area contributed by atoms with Gasteiger partial charge in [-0.05, 0) is 35.9 Å². The van der Waals surface area contributed by atoms with Crippen LogP contribution in [-0.4, -0.2) is 16.7 Å². The van der Waals surface area contributed by atoms with E-state index in [1.54, 1.807) is 24.3 Å². The van der Waals surface area contributed by atoms with Crippen molar-refractivity contribution in [2.24, 2.45) is 0 Å². The summed E-state index contributed by atoms with van der Waals surface area (Å²) in [5.41, 5.74) is 7.43. The lowest BCUT2D eigenvalue weighted by Gasteiger charge is -2.13. The summed E-state index contributed by atoms with van der Waals surface area (Å²) >= 11 is 0. The van der Waals surface area contributed by atoms with Crippen LogP contribution < -0.4 is 5.73 Å². The standard InChI is InChI=1S/C15H11FN2O2/c16-10-3-1-9(2-4-10)8-18-14(19)12-6-5-11(17)7-13(12)15(18)20/h1-7H,8,17H2. The molecule has 0 atom stereocenters. The number of hydrogen-bond acceptors (Lipinski definition) is 3. The molecular formula is C15H11FN2O2. The van der Waals surface area contributed by atoms with Crippen LogP contribution in [0.5, 0.6) is 0 Å². The minimum atomic E-state index is -0.373. The zero-order chi connectivity index (χ0) is 14.3. The Balaban J connectivity index is 1.91. The fraction of sp³-hybridized carbons (Fsp3) is 0.0667. The summed E-state index contributed by atoms with van der Waals surface area (Å²) < 4.78 is 12.9. The molecular weight excluding hydrogens is 259 g/mol. The lowest BCUT2D eigenvalue weighted by Crippen LogP contribution is -2.29. The van der Waals surface area contributed by atoms with Crippen LogP contribution in [0.3, 0.4) is 0 Å². The Labute approximate surface area is 114 Å². The van der Waals surface area contributed by atoms with E-state index in [2.05, 4.69) is 0 Å². The Morgan fingerprint density at radius 3 is 2.30 bits per heavy atom. The van der Waals surface area contributed by atoms with Gasteiger partial charge in [0.2, 0.25) is 0 Å². The number of hydrogen-bond donors (Lipinski definition) is 1. The maximum absolute atomic E-state index is 12.9. The number of carbonyl (C=O) groups excluding carboxylic acids is 2. The van der Waals surface area contributed by atoms with Crippen molar-refractivity contribution in [3.63, 3.8) is 0 Å². The lowest BCUT2D eigenvalue weighted by atomic mass is 10.1. The molecule has 2 aromatic rings. The molecule has 2 amide bonds. The minimum absolute atomic E-state index is 0.118. The Hall–Kier alpha value is -2.69. The molecule has 1 aliphatic heterocycles. The van der Waals surface area contributed by atoms with Gasteiger partial charge in [0.05, 0.1) is 17.7 Å². The van der Waals surface area contributed by atoms with Gasteiger partial charge in [-0.25, -0.2) is 4.39 Å². The van der Waals surface area contributed by atoms with Gasteiger partial charge in [0.25, 0.3) is 11.8 Å². The van der Waals surface area contributed by atoms with Gasteiger partial charge in [-0.15, -0.1) is 0 Å². The van der Waals surface area contributed by atoms with Gasteiger partial charge in [0.15, 0.2) is 0 Å². The first-order chi connectivity index (χ1) is 9.56. The molecule has 0 bridgehead atoms. The molecule has 2 N–H and O–H groups in total. The summed E-state index contributed by atoms with van der Waals surface area (Å²) in [5.74, 6) is -1.08. The van der Waals surface area contributed by atoms with Crippen LogP contribution in [0, 0.1) is 5.82 Å². The Bertz CT molecular complexity index is 710. The third-order valence-corrected chi connectivity index (χ3v) is 3.25. The molecule has 0 aliphatic carbocycles. The van der Waals surface area contributed by atoms with Gasteiger partial charge in [0, 0.05) is 5.69 Å². The molecule has 1 aliphatic rings. The van der Waals surface area contributed by atoms with E-state index in [4.69, 9.17) is 5.73 Å². The zero-order valence-electron chi connectivity index (χ0n) is 10.5. The molecule has 0 saturated carbocycles. The van der Waals surface area contributed by atoms with Crippen LogP contribution in [0.25, 0.3) is 0 Å². The van der Waals surface area contributed by atoms with Crippen molar-refractivity contribution in [3.8, 4) is 0 Å². The molecule has 0 unspecified atom stereocenters. The molecule has 2 aromatic carbocycles. The highest BCUT2D eigenvalue weighted by atomic mass is 19.1. The summed E-state index contributed by atoms with van der Waals surface area (Å²) in [6.07, 6.45) is 0. The zero-order valence-corrected chi connectivity index (χ0v) is 10.5. The van der Waals surface area contributed by atoms with Crippen LogP contribution in [-0.2, 0) is 6.54 Å². The number of nitrogens with zero attached hydrogens (tertiary/aromatic N) is 1. The second kappa shape index (κ2) is 4.45. The first kappa shape index (κ1) is 12.3. The van der Waals surface area contributed by atoms with Crippen LogP contribution in [0.2, 0.25) is 0 Å². The number of benzene rings is 2. The van der Waals surface area contributed by atoms with Gasteiger partial charge in [-0.2, -0.15) is 0 Å². The van der Waals surface area contributed by atoms with Crippen LogP contribution in [0.1, 0.15) is 26.3 Å². The molecule has 3 rings (SSSR count). The minimum Gasteiger partial charge on any atom is -0.399 e. The SMILES string of the molecule is Nc1ccc2c(c1)C(=O)N(Cc1ccc(F)cc1)C2=O. The van der Waals surface area contributed by atoms with E-state index >= 15 is 0 Å². The number of imide groups is 1. The fourth-order valence-electron chi connectivity index (χ4n) is 2.22. The van der Waals surface area contributed by atoms with E-state index < -0.39 is 0 Å². The number of nitrogens with two attached hydrogens (primary N) is 1. The summed E-state index contributed by atoms with van der Waals surface area (Å²) in [7, 11) is 0. The average molecular weight is 270 g/mol. The van der Waals surface area contributed by atoms with Gasteiger partial charge in [-0.3, -0.25) is 14.5 Å². The van der Waals surface area contributed by atoms with E-state index in [1.807, 2.05) is 0 Å². The monoisotopic (exact) mass is 270 g/mol. The predicted octanol–water partition coefficient (Wildman–Crippen LogP) is 2.20. The van der Waals surface area contributed by atoms with E-state index in [1.165, 1.54) is 18.2 Å². The Kier molecular flexibility index (Phi) is 2.75. The average Bonchev–Trinajstić information content (AvgIpc) is 2.66. The highest BCUT2D eigenvalue weighted by Crippen LogP contribution is 2.26. The van der Waals surface area contributed by atoms with Crippen molar-refractivity contribution < 1.29 is 14.0 Å². The highest BCUT2D eigenvalue weighted by molar-refractivity contribution is 6.21. The topological polar surface area (TPSA) is 63.4 Å². The maximum atomic E-state index is 12.9. The van der Waals surface area contributed by atoms with Crippen LogP contribution in [0.4, 0.5) is 10.1 Å². The third kappa shape index (κ3) is 1.93. The molecule has 100 valence electrons. The van der Waals surface area contributed by atoms with Crippen LogP contribution >= 0.6 is 0 Å². The number of halogens is 1. The normalized spacial score (nSPS) is 13.8. The van der Waals surface area contributed by atoms with E-state index in [0.29, 0.717) is 22.4 Å². The maximum Gasteiger partial charge on any atom is 0.261 e. The van der Waals surface area contributed by atoms with Gasteiger partial charge in [0.1, 0.15) is 5.82 Å². The summed E-state index contributed by atoms with van der Waals surface area (Å²) in [6.45, 7) is 0.118. The first-order valence-electron chi connectivity index (χ1n) is 6.06. The first-order valence-corrected chi connectivity index (χ1v) is 6.06. The largest absolute Gasteiger partial charge is 0.399 e. The summed E-state index contributed by atoms with van der Waals surface area (Å²) in [4.78, 5) is 25.5. The number of fused-ring (bicyclic) bond motifs is 1. The van der Waals surface area contributed by atoms with Gasteiger partial charge in [-0.1, -0.05) is 12.1 Å². The Morgan fingerprint density at radius 2 is 1.60 bits per heavy atom. The molecule has 0 fully saturated rings. The number of rotatable bonds is 2. The predicted molar refractivity (Wildman–Crippen MR) is 71.5 cm³/mol. The quantitative estimate of drug-likeness (QED) is 0.672. The van der Waals surface area contributed by atoms with Crippen molar-refractivity contribution in [2.75, 3.05) is 5.73 Å². The molecule has 0 spiro atoms. The lowest BCUT2D eigenvalue weighted by molar-refractivity contribution is 0.0642. The van der Waals surface area contributed by atoms with Crippen molar-refractivity contribution in [3.05, 3.63) is 65.0 Å². The molecule has 0 aromatic heterocycles. The van der Waals surface area contributed by atoms with Crippen molar-refractivity contribution >= 4 is 17.5 Å². The van der Waals surface area contributed by atoms with Crippen molar-refractivity contribution in [1.82, 2.24) is 4.90 Å². The van der Waals surface area contributed by atoms with Crippen molar-refractivity contribution in [2.45, 2.75) is 6.54 Å². The molecule has 20 heavy (non-hydrogen) atoms. The van der Waals surface area contributed by atoms with Gasteiger partial charge < -0.3 is 5.73 Å². The summed E-state index contributed by atoms with van der Waals surface area (Å²) in [6, 6.07) is 10.3. The molecule has 1 heterocycles. The van der Waals surface area contributed by atoms with Crippen LogP contribution in [0.15, 0.2) is 42.5 Å². The van der Waals surface area contributed by atoms with E-state index in [0.717, 1.165) is 4.90 Å². The number of anilines is 1. The molecule has 5 heteroatoms. The number of carbonyl (C=O) groups is 2. The molecule has 0 saturated heterocycles. The second-order valence-electron chi connectivity index (χ2n) is 4.63. The van der Waals surface area contributed by atoms with Crippen molar-refractivity contribution in [1.29, 1.82) is 0 Å². The molecule has 0 radical (unpaired) electrons. The molecule has 4 nitrogen and oxygen atoms in total. The van der Waals surface area contributed by atoms with E-state index in [9.17, 15) is 14.0 Å². The number of nitrogen functional groups attached to an aromatic ring is 1. The smallest absolute Gasteiger partial charge is 0.261 e. The summed E-state index contributed by atoms with van der Waals surface area (Å²) in [5, 5.41) is 0. The fourth-order valence-corrected chi connectivity index (χ4v) is 2.22. The Morgan fingerprint density at radius 1 is 0.950 bits per heavy atom. The van der Waals surface area contributed by atoms with E-state index in [-0.39, 0.29) is 24.2 Å². The number of amides is 2. The second-order valence-corrected chi connectivity index (χ2v) is 4.63. The highest BCUT2D eigenvalue weighted by Gasteiger charge is 2.35. The van der Waals surface area contributed by atoms with Gasteiger partial charge >= 0.3 is 0 Å². The third-order valence-electron chi connectivity index (χ3n) is 3.25.